The number of hydrogen-bond acceptors (Lipinski definition) is 1. The van der Waals surface area contributed by atoms with E-state index < -0.39 is 0 Å². The van der Waals surface area contributed by atoms with Gasteiger partial charge in [0.25, 0.3) is 0 Å². The summed E-state index contributed by atoms with van der Waals surface area (Å²) in [6.07, 6.45) is 4.93. The Balaban J connectivity index is 0. The van der Waals surface area contributed by atoms with Gasteiger partial charge in [-0.3, -0.25) is 0 Å². The fraction of sp³-hybridized carbons (Fsp3) is 1.00. The molecular weight excluding hydrogens is 158 g/mol. The highest BCUT2D eigenvalue weighted by Gasteiger charge is 2.05. The summed E-state index contributed by atoms with van der Waals surface area (Å²) in [4.78, 5) is 0. The highest BCUT2D eigenvalue weighted by atomic mass is 35.5. The maximum Gasteiger partial charge on any atom is 0.00387 e. The van der Waals surface area contributed by atoms with Crippen LogP contribution in [0.15, 0.2) is 0 Å². The normalized spacial score (nSPS) is 15.3. The van der Waals surface area contributed by atoms with Crippen LogP contribution in [0.25, 0.3) is 0 Å². The van der Waals surface area contributed by atoms with E-state index in [0.29, 0.717) is 6.04 Å². The molecule has 0 aliphatic heterocycles. The first-order valence-electron chi connectivity index (χ1n) is 4.46. The first-order valence-corrected chi connectivity index (χ1v) is 4.46. The van der Waals surface area contributed by atoms with Gasteiger partial charge in [-0.2, -0.15) is 0 Å². The molecule has 0 amide bonds. The largest absolute Gasteiger partial charge is 0.328 e. The third-order valence-corrected chi connectivity index (χ3v) is 2.01. The van der Waals surface area contributed by atoms with Crippen LogP contribution in [0.1, 0.15) is 46.5 Å². The summed E-state index contributed by atoms with van der Waals surface area (Å²) in [5.74, 6) is 0.819. The Kier molecular flexibility index (Phi) is 10.5. The lowest BCUT2D eigenvalue weighted by molar-refractivity contribution is 0.427. The average Bonchev–Trinajstić information content (AvgIpc) is 1.88. The van der Waals surface area contributed by atoms with Crippen molar-refractivity contribution in [2.24, 2.45) is 11.7 Å². The van der Waals surface area contributed by atoms with Gasteiger partial charge >= 0.3 is 0 Å². The lowest BCUT2D eigenvalue weighted by Gasteiger charge is -2.14. The van der Waals surface area contributed by atoms with Gasteiger partial charge in [0.05, 0.1) is 0 Å². The minimum atomic E-state index is 0. The van der Waals surface area contributed by atoms with E-state index in [1.807, 2.05) is 0 Å². The molecule has 0 heterocycles. The van der Waals surface area contributed by atoms with Crippen molar-refractivity contribution in [3.8, 4) is 0 Å². The molecule has 0 rings (SSSR count). The predicted octanol–water partition coefficient (Wildman–Crippen LogP) is 2.97. The van der Waals surface area contributed by atoms with Crippen LogP contribution in [0.4, 0.5) is 0 Å². The summed E-state index contributed by atoms with van der Waals surface area (Å²) in [6, 6.07) is 0.432. The highest BCUT2D eigenvalue weighted by Crippen LogP contribution is 2.12. The van der Waals surface area contributed by atoms with Crippen molar-refractivity contribution in [2.75, 3.05) is 0 Å². The topological polar surface area (TPSA) is 26.0 Å². The Labute approximate surface area is 77.2 Å². The molecule has 2 atom stereocenters. The summed E-state index contributed by atoms with van der Waals surface area (Å²) >= 11 is 0. The van der Waals surface area contributed by atoms with Crippen molar-refractivity contribution >= 4 is 12.4 Å². The van der Waals surface area contributed by atoms with E-state index in [1.165, 1.54) is 19.3 Å². The molecule has 0 aromatic rings. The number of rotatable bonds is 5. The van der Waals surface area contributed by atoms with Crippen molar-refractivity contribution in [2.45, 2.75) is 52.5 Å². The van der Waals surface area contributed by atoms with Gasteiger partial charge in [0.1, 0.15) is 0 Å². The first kappa shape index (κ1) is 13.8. The van der Waals surface area contributed by atoms with E-state index in [2.05, 4.69) is 20.8 Å². The van der Waals surface area contributed by atoms with Crippen LogP contribution in [0, 0.1) is 5.92 Å². The zero-order valence-corrected chi connectivity index (χ0v) is 8.79. The van der Waals surface area contributed by atoms with Crippen LogP contribution in [0.2, 0.25) is 0 Å². The van der Waals surface area contributed by atoms with E-state index in [0.717, 1.165) is 12.3 Å². The Hall–Kier alpha value is 0.250. The van der Waals surface area contributed by atoms with Crippen molar-refractivity contribution in [3.05, 3.63) is 0 Å². The third kappa shape index (κ3) is 8.15. The lowest BCUT2D eigenvalue weighted by Crippen LogP contribution is -2.21. The van der Waals surface area contributed by atoms with Crippen molar-refractivity contribution in [3.63, 3.8) is 0 Å². The fourth-order valence-corrected chi connectivity index (χ4v) is 1.29. The minimum absolute atomic E-state index is 0. The van der Waals surface area contributed by atoms with Crippen molar-refractivity contribution < 1.29 is 0 Å². The summed E-state index contributed by atoms with van der Waals surface area (Å²) in [5.41, 5.74) is 5.80. The van der Waals surface area contributed by atoms with Crippen molar-refractivity contribution in [1.29, 1.82) is 0 Å². The molecule has 1 nitrogen and oxygen atoms in total. The number of halogens is 1. The molecule has 2 heteroatoms. The second-order valence-corrected chi connectivity index (χ2v) is 3.30. The molecule has 0 aromatic heterocycles. The fourth-order valence-electron chi connectivity index (χ4n) is 1.29. The van der Waals surface area contributed by atoms with Crippen LogP contribution in [0.5, 0.6) is 0 Å². The van der Waals surface area contributed by atoms with Gasteiger partial charge in [-0.25, -0.2) is 0 Å². The predicted molar refractivity (Wildman–Crippen MR) is 54.2 cm³/mol. The molecule has 0 aliphatic carbocycles. The zero-order chi connectivity index (χ0) is 7.98. The Morgan fingerprint density at radius 1 is 1.27 bits per heavy atom. The molecule has 70 valence electrons. The van der Waals surface area contributed by atoms with Crippen LogP contribution in [0.3, 0.4) is 0 Å². The molecule has 11 heavy (non-hydrogen) atoms. The quantitative estimate of drug-likeness (QED) is 0.690. The molecule has 0 aliphatic rings. The van der Waals surface area contributed by atoms with Gasteiger partial charge in [0, 0.05) is 6.04 Å². The van der Waals surface area contributed by atoms with Crippen LogP contribution in [-0.4, -0.2) is 6.04 Å². The molecule has 0 radical (unpaired) electrons. The van der Waals surface area contributed by atoms with Gasteiger partial charge < -0.3 is 5.73 Å². The molecule has 2 unspecified atom stereocenters. The highest BCUT2D eigenvalue weighted by molar-refractivity contribution is 5.85. The van der Waals surface area contributed by atoms with Gasteiger partial charge in [0.2, 0.25) is 0 Å². The SMILES string of the molecule is CCCC(C)CC(N)CC.Cl. The monoisotopic (exact) mass is 179 g/mol. The molecule has 0 spiro atoms. The van der Waals surface area contributed by atoms with Crippen LogP contribution >= 0.6 is 12.4 Å². The number of hydrogen-bond donors (Lipinski definition) is 1. The number of nitrogens with two attached hydrogens (primary N) is 1. The van der Waals surface area contributed by atoms with Crippen molar-refractivity contribution in [1.82, 2.24) is 0 Å². The second-order valence-electron chi connectivity index (χ2n) is 3.30. The van der Waals surface area contributed by atoms with Gasteiger partial charge in [-0.15, -0.1) is 12.4 Å². The molecule has 2 N–H and O–H groups in total. The van der Waals surface area contributed by atoms with E-state index in [4.69, 9.17) is 5.73 Å². The lowest BCUT2D eigenvalue weighted by atomic mass is 9.97. The van der Waals surface area contributed by atoms with Gasteiger partial charge in [-0.05, 0) is 18.8 Å². The molecular formula is C9H22ClN. The molecule has 0 saturated heterocycles. The maximum atomic E-state index is 5.80. The molecule has 0 aromatic carbocycles. The Morgan fingerprint density at radius 3 is 2.18 bits per heavy atom. The third-order valence-electron chi connectivity index (χ3n) is 2.01. The smallest absolute Gasteiger partial charge is 0.00387 e. The Bertz CT molecular complexity index is 76.0. The summed E-state index contributed by atoms with van der Waals surface area (Å²) in [5, 5.41) is 0. The standard InChI is InChI=1S/C9H21N.ClH/c1-4-6-8(3)7-9(10)5-2;/h8-9H,4-7,10H2,1-3H3;1H. The van der Waals surface area contributed by atoms with Gasteiger partial charge in [0.15, 0.2) is 0 Å². The molecule has 0 bridgehead atoms. The van der Waals surface area contributed by atoms with Crippen LogP contribution in [-0.2, 0) is 0 Å². The molecule has 0 saturated carbocycles. The van der Waals surface area contributed by atoms with E-state index in [-0.39, 0.29) is 12.4 Å². The van der Waals surface area contributed by atoms with E-state index in [1.54, 1.807) is 0 Å². The van der Waals surface area contributed by atoms with E-state index in [9.17, 15) is 0 Å². The maximum absolute atomic E-state index is 5.80. The molecule has 0 fully saturated rings. The van der Waals surface area contributed by atoms with Crippen LogP contribution < -0.4 is 5.73 Å². The Morgan fingerprint density at radius 2 is 1.82 bits per heavy atom. The summed E-state index contributed by atoms with van der Waals surface area (Å²) in [7, 11) is 0. The minimum Gasteiger partial charge on any atom is -0.328 e. The van der Waals surface area contributed by atoms with Gasteiger partial charge in [-0.1, -0.05) is 33.6 Å². The second kappa shape index (κ2) is 8.35. The summed E-state index contributed by atoms with van der Waals surface area (Å²) < 4.78 is 0. The zero-order valence-electron chi connectivity index (χ0n) is 7.97. The summed E-state index contributed by atoms with van der Waals surface area (Å²) in [6.45, 7) is 6.68. The van der Waals surface area contributed by atoms with E-state index >= 15 is 0 Å². The average molecular weight is 180 g/mol. The first-order chi connectivity index (χ1) is 4.70.